The Morgan fingerprint density at radius 3 is 2.79 bits per heavy atom. The van der Waals surface area contributed by atoms with Gasteiger partial charge in [-0.1, -0.05) is 12.1 Å². The number of carbonyl (C=O) groups is 2. The molecule has 1 unspecified atom stereocenters. The van der Waals surface area contributed by atoms with Crippen molar-refractivity contribution >= 4 is 17.6 Å². The van der Waals surface area contributed by atoms with Crippen molar-refractivity contribution in [2.24, 2.45) is 0 Å². The van der Waals surface area contributed by atoms with E-state index in [2.05, 4.69) is 15.4 Å². The Hall–Kier alpha value is -3.30. The van der Waals surface area contributed by atoms with E-state index in [0.717, 1.165) is 4.90 Å². The topological polar surface area (TPSA) is 123 Å². The molecule has 10 nitrogen and oxygen atoms in total. The van der Waals surface area contributed by atoms with Gasteiger partial charge in [0.25, 0.3) is 11.6 Å². The molecule has 1 atom stereocenters. The molecule has 1 saturated heterocycles. The minimum atomic E-state index is -1.34. The van der Waals surface area contributed by atoms with Crippen LogP contribution in [0.3, 0.4) is 0 Å². The van der Waals surface area contributed by atoms with E-state index in [0.29, 0.717) is 12.1 Å². The van der Waals surface area contributed by atoms with Crippen molar-refractivity contribution in [3.63, 3.8) is 0 Å². The standard InChI is InChI=1S/C14H14N6O4/c1-14(10-3-2-4-11(7-10)20(23)24)12(21)19(13(22)17-14)6-5-18-9-15-8-16-18/h2-4,7-9H,5-6H2,1H3,(H,17,22). The molecule has 2 aromatic rings. The summed E-state index contributed by atoms with van der Waals surface area (Å²) in [6.45, 7) is 1.96. The molecule has 3 amide bonds. The molecular formula is C14H14N6O4. The fourth-order valence-corrected chi connectivity index (χ4v) is 2.58. The van der Waals surface area contributed by atoms with E-state index in [-0.39, 0.29) is 12.2 Å². The van der Waals surface area contributed by atoms with Gasteiger partial charge in [-0.3, -0.25) is 24.5 Å². The molecule has 0 aliphatic carbocycles. The summed E-state index contributed by atoms with van der Waals surface area (Å²) in [4.78, 5) is 40.1. The zero-order valence-electron chi connectivity index (χ0n) is 12.7. The maximum absolute atomic E-state index is 12.7. The summed E-state index contributed by atoms with van der Waals surface area (Å²) in [7, 11) is 0. The number of nitrogens with zero attached hydrogens (tertiary/aromatic N) is 5. The molecular weight excluding hydrogens is 316 g/mol. The molecule has 1 aliphatic rings. The molecule has 10 heteroatoms. The van der Waals surface area contributed by atoms with Gasteiger partial charge in [-0.2, -0.15) is 5.10 Å². The van der Waals surface area contributed by atoms with Crippen LogP contribution in [0.15, 0.2) is 36.9 Å². The summed E-state index contributed by atoms with van der Waals surface area (Å²) in [5.41, 5.74) is -1.12. The van der Waals surface area contributed by atoms with Crippen molar-refractivity contribution in [1.29, 1.82) is 0 Å². The Morgan fingerprint density at radius 1 is 1.33 bits per heavy atom. The van der Waals surface area contributed by atoms with Crippen LogP contribution in [0.1, 0.15) is 12.5 Å². The van der Waals surface area contributed by atoms with Crippen LogP contribution in [0.4, 0.5) is 10.5 Å². The fourth-order valence-electron chi connectivity index (χ4n) is 2.58. The number of nitrogens with one attached hydrogen (secondary N) is 1. The summed E-state index contributed by atoms with van der Waals surface area (Å²) < 4.78 is 1.50. The van der Waals surface area contributed by atoms with E-state index in [4.69, 9.17) is 0 Å². The summed E-state index contributed by atoms with van der Waals surface area (Å²) in [6.07, 6.45) is 2.84. The first-order valence-electron chi connectivity index (χ1n) is 7.13. The number of non-ortho nitro benzene ring substituents is 1. The Balaban J connectivity index is 1.83. The molecule has 1 aliphatic heterocycles. The first kappa shape index (κ1) is 15.6. The predicted molar refractivity (Wildman–Crippen MR) is 80.7 cm³/mol. The first-order chi connectivity index (χ1) is 11.4. The number of aromatic nitrogens is 3. The lowest BCUT2D eigenvalue weighted by Crippen LogP contribution is -2.41. The highest BCUT2D eigenvalue weighted by molar-refractivity contribution is 6.07. The van der Waals surface area contributed by atoms with Crippen molar-refractivity contribution in [3.8, 4) is 0 Å². The number of hydrogen-bond acceptors (Lipinski definition) is 6. The Bertz CT molecular complexity index is 805. The molecule has 24 heavy (non-hydrogen) atoms. The van der Waals surface area contributed by atoms with Crippen LogP contribution in [0, 0.1) is 10.1 Å². The van der Waals surface area contributed by atoms with Crippen LogP contribution < -0.4 is 5.32 Å². The molecule has 124 valence electrons. The molecule has 0 spiro atoms. The molecule has 0 radical (unpaired) electrons. The van der Waals surface area contributed by atoms with Crippen molar-refractivity contribution < 1.29 is 14.5 Å². The number of benzene rings is 1. The Morgan fingerprint density at radius 2 is 2.12 bits per heavy atom. The number of nitro benzene ring substituents is 1. The fraction of sp³-hybridized carbons (Fsp3) is 0.286. The molecule has 1 N–H and O–H groups in total. The third-order valence-electron chi connectivity index (χ3n) is 3.93. The zero-order valence-corrected chi connectivity index (χ0v) is 12.7. The maximum atomic E-state index is 12.7. The van der Waals surface area contributed by atoms with Gasteiger partial charge in [0, 0.05) is 12.1 Å². The third-order valence-corrected chi connectivity index (χ3v) is 3.93. The lowest BCUT2D eigenvalue weighted by molar-refractivity contribution is -0.385. The zero-order chi connectivity index (χ0) is 17.3. The molecule has 2 heterocycles. The average molecular weight is 330 g/mol. The highest BCUT2D eigenvalue weighted by atomic mass is 16.6. The number of urea groups is 1. The molecule has 3 rings (SSSR count). The van der Waals surface area contributed by atoms with Crippen molar-refractivity contribution in [2.45, 2.75) is 19.0 Å². The van der Waals surface area contributed by atoms with Gasteiger partial charge in [0.2, 0.25) is 0 Å². The minimum Gasteiger partial charge on any atom is -0.319 e. The molecule has 1 fully saturated rings. The first-order valence-corrected chi connectivity index (χ1v) is 7.13. The van der Waals surface area contributed by atoms with Crippen LogP contribution >= 0.6 is 0 Å². The van der Waals surface area contributed by atoms with Gasteiger partial charge >= 0.3 is 6.03 Å². The number of rotatable bonds is 5. The molecule has 0 bridgehead atoms. The second kappa shape index (κ2) is 5.72. The lowest BCUT2D eigenvalue weighted by atomic mass is 9.91. The molecule has 1 aromatic heterocycles. The van der Waals surface area contributed by atoms with E-state index >= 15 is 0 Å². The maximum Gasteiger partial charge on any atom is 0.325 e. The van der Waals surface area contributed by atoms with Crippen molar-refractivity contribution in [1.82, 2.24) is 25.0 Å². The number of hydrogen-bond donors (Lipinski definition) is 1. The molecule has 0 saturated carbocycles. The normalized spacial score (nSPS) is 20.3. The highest BCUT2D eigenvalue weighted by Gasteiger charge is 2.49. The van der Waals surface area contributed by atoms with E-state index in [1.807, 2.05) is 0 Å². The van der Waals surface area contributed by atoms with Gasteiger partial charge in [-0.05, 0) is 12.5 Å². The van der Waals surface area contributed by atoms with Crippen LogP contribution in [0.25, 0.3) is 0 Å². The van der Waals surface area contributed by atoms with Gasteiger partial charge in [0.05, 0.1) is 18.0 Å². The summed E-state index contributed by atoms with van der Waals surface area (Å²) in [5.74, 6) is -0.465. The Labute approximate surface area is 136 Å². The monoisotopic (exact) mass is 330 g/mol. The average Bonchev–Trinajstić information content (AvgIpc) is 3.14. The largest absolute Gasteiger partial charge is 0.325 e. The van der Waals surface area contributed by atoms with Gasteiger partial charge < -0.3 is 5.32 Å². The van der Waals surface area contributed by atoms with E-state index in [9.17, 15) is 19.7 Å². The van der Waals surface area contributed by atoms with Crippen LogP contribution in [0.5, 0.6) is 0 Å². The van der Waals surface area contributed by atoms with Crippen molar-refractivity contribution in [2.75, 3.05) is 6.54 Å². The smallest absolute Gasteiger partial charge is 0.319 e. The number of carbonyl (C=O) groups excluding carboxylic acids is 2. The van der Waals surface area contributed by atoms with Gasteiger partial charge in [-0.25, -0.2) is 9.78 Å². The van der Waals surface area contributed by atoms with Crippen LogP contribution in [-0.4, -0.2) is 43.1 Å². The van der Waals surface area contributed by atoms with Crippen LogP contribution in [0.2, 0.25) is 0 Å². The SMILES string of the molecule is CC1(c2cccc([N+](=O)[O-])c2)NC(=O)N(CCn2cncn2)C1=O. The minimum absolute atomic E-state index is 0.124. The van der Waals surface area contributed by atoms with Gasteiger partial charge in [0.1, 0.15) is 18.2 Å². The van der Waals surface area contributed by atoms with Gasteiger partial charge in [0.15, 0.2) is 0 Å². The summed E-state index contributed by atoms with van der Waals surface area (Å²) in [6, 6.07) is 5.13. The number of nitro groups is 1. The number of amides is 3. The van der Waals surface area contributed by atoms with E-state index in [1.54, 1.807) is 6.07 Å². The quantitative estimate of drug-likeness (QED) is 0.488. The summed E-state index contributed by atoms with van der Waals surface area (Å²) in [5, 5.41) is 17.4. The second-order valence-corrected chi connectivity index (χ2v) is 5.48. The summed E-state index contributed by atoms with van der Waals surface area (Å²) >= 11 is 0. The molecule has 1 aromatic carbocycles. The van der Waals surface area contributed by atoms with Crippen LogP contribution in [-0.2, 0) is 16.9 Å². The third kappa shape index (κ3) is 2.57. The van der Waals surface area contributed by atoms with Crippen molar-refractivity contribution in [3.05, 3.63) is 52.6 Å². The Kier molecular flexibility index (Phi) is 3.72. The predicted octanol–water partition coefficient (Wildman–Crippen LogP) is 0.653. The lowest BCUT2D eigenvalue weighted by Gasteiger charge is -2.22. The van der Waals surface area contributed by atoms with E-state index < -0.39 is 22.4 Å². The number of imide groups is 1. The van der Waals surface area contributed by atoms with E-state index in [1.165, 1.54) is 42.5 Å². The second-order valence-electron chi connectivity index (χ2n) is 5.48. The highest BCUT2D eigenvalue weighted by Crippen LogP contribution is 2.30. The van der Waals surface area contributed by atoms with Gasteiger partial charge in [-0.15, -0.1) is 0 Å².